The first-order chi connectivity index (χ1) is 24.1. The standard InChI is InChI=1S/3C11H14O2S.C10H15.Ti/c3*1-7-4-8(2)11(9(3)5-7)14-6-10(12)13;1-6-7(2)9(4)10(5)8(6)3;/h3*4-5H,6H2,1-3H3,(H,12,13);1-5H3;/q;;;;+4/p-3. The number of rotatable bonds is 9. The molecular weight excluding hydrogens is 757 g/mol. The molecule has 1 saturated carbocycles. The third-order valence-corrected chi connectivity index (χ3v) is 12.6. The second kappa shape index (κ2) is 24.4. The minimum atomic E-state index is -1.02. The summed E-state index contributed by atoms with van der Waals surface area (Å²) in [5.74, 6) is 4.34. The van der Waals surface area contributed by atoms with Crippen molar-refractivity contribution in [3.8, 4) is 0 Å². The van der Waals surface area contributed by atoms with Crippen molar-refractivity contribution >= 4 is 53.2 Å². The molecule has 0 bridgehead atoms. The van der Waals surface area contributed by atoms with Crippen molar-refractivity contribution in [3.05, 3.63) is 116 Å². The Labute approximate surface area is 347 Å². The van der Waals surface area contributed by atoms with Gasteiger partial charge in [-0.25, -0.2) is 0 Å². The van der Waals surface area contributed by atoms with Crippen molar-refractivity contribution in [2.24, 2.45) is 0 Å². The predicted octanol–water partition coefficient (Wildman–Crippen LogP) is 7.33. The summed E-state index contributed by atoms with van der Waals surface area (Å²) in [6.07, 6.45) is 0. The molecule has 0 amide bonds. The number of aryl methyl sites for hydroxylation is 9. The monoisotopic (exact) mass is 810 g/mol. The van der Waals surface area contributed by atoms with Gasteiger partial charge in [0, 0.05) is 31.9 Å². The largest absolute Gasteiger partial charge is 4.00 e. The van der Waals surface area contributed by atoms with Crippen LogP contribution < -0.4 is 15.3 Å². The molecule has 1 aliphatic rings. The van der Waals surface area contributed by atoms with E-state index in [0.717, 1.165) is 48.1 Å². The van der Waals surface area contributed by atoms with Gasteiger partial charge in [0.1, 0.15) is 0 Å². The van der Waals surface area contributed by atoms with Crippen LogP contribution in [0.1, 0.15) is 84.7 Å². The van der Waals surface area contributed by atoms with Gasteiger partial charge in [-0.1, -0.05) is 87.7 Å². The summed E-state index contributed by atoms with van der Waals surface area (Å²) in [7, 11) is 0. The van der Waals surface area contributed by atoms with Crippen molar-refractivity contribution in [2.75, 3.05) is 17.3 Å². The molecule has 4 rings (SSSR count). The number of carbonyl (C=O) groups is 3. The van der Waals surface area contributed by atoms with E-state index in [1.165, 1.54) is 81.6 Å². The SMILES string of the molecule is C[C]1[C](C)[C](C)[C](C)[C]1C.Cc1cc(C)c(SCC(=O)[O-])c(C)c1.Cc1cc(C)c(SCC(=O)[O-])c(C)c1.Cc1cc(C)c(SCC(=O)[O-])c(C)c1.[Ti+4]. The number of carbonyl (C=O) groups excluding carboxylic acids is 3. The van der Waals surface area contributed by atoms with Gasteiger partial charge in [-0.05, 0) is 125 Å². The number of hydrogen-bond acceptors (Lipinski definition) is 9. The van der Waals surface area contributed by atoms with Crippen molar-refractivity contribution < 1.29 is 51.4 Å². The molecule has 3 aromatic carbocycles. The summed E-state index contributed by atoms with van der Waals surface area (Å²) in [5, 5.41) is 31.0. The van der Waals surface area contributed by atoms with Crippen LogP contribution in [0.3, 0.4) is 0 Å². The first-order valence-corrected chi connectivity index (χ1v) is 19.9. The van der Waals surface area contributed by atoms with Crippen LogP contribution in [0.2, 0.25) is 0 Å². The maximum atomic E-state index is 10.3. The molecule has 53 heavy (non-hydrogen) atoms. The van der Waals surface area contributed by atoms with Gasteiger partial charge in [0.05, 0.1) is 17.9 Å². The van der Waals surface area contributed by atoms with Crippen LogP contribution in [0.15, 0.2) is 51.1 Å². The molecule has 6 nitrogen and oxygen atoms in total. The van der Waals surface area contributed by atoms with Gasteiger partial charge in [-0.2, -0.15) is 0 Å². The Morgan fingerprint density at radius 1 is 0.377 bits per heavy atom. The maximum absolute atomic E-state index is 10.3. The normalized spacial score (nSPS) is 13.5. The molecule has 1 fully saturated rings. The Morgan fingerprint density at radius 2 is 0.528 bits per heavy atom. The smallest absolute Gasteiger partial charge is 0.549 e. The van der Waals surface area contributed by atoms with E-state index in [-0.39, 0.29) is 39.0 Å². The van der Waals surface area contributed by atoms with Gasteiger partial charge in [-0.3, -0.25) is 0 Å². The van der Waals surface area contributed by atoms with Crippen LogP contribution >= 0.6 is 35.3 Å². The Kier molecular flexibility index (Phi) is 23.4. The quantitative estimate of drug-likeness (QED) is 0.162. The maximum Gasteiger partial charge on any atom is 4.00 e. The Morgan fingerprint density at radius 3 is 0.660 bits per heavy atom. The molecule has 0 heterocycles. The number of thioether (sulfide) groups is 3. The van der Waals surface area contributed by atoms with Crippen LogP contribution in [0.25, 0.3) is 0 Å². The third-order valence-electron chi connectivity index (χ3n) is 8.63. The van der Waals surface area contributed by atoms with Crippen LogP contribution in [0.4, 0.5) is 0 Å². The predicted molar refractivity (Wildman–Crippen MR) is 214 cm³/mol. The van der Waals surface area contributed by atoms with Gasteiger partial charge >= 0.3 is 21.7 Å². The fourth-order valence-corrected chi connectivity index (χ4v) is 8.49. The molecule has 0 atom stereocenters. The molecule has 0 aliphatic heterocycles. The number of carboxylic acids is 3. The molecule has 5 radical (unpaired) electrons. The topological polar surface area (TPSA) is 120 Å². The summed E-state index contributed by atoms with van der Waals surface area (Å²) in [6, 6.07) is 12.4. The third kappa shape index (κ3) is 17.5. The van der Waals surface area contributed by atoms with Crippen molar-refractivity contribution in [1.29, 1.82) is 0 Å². The molecule has 283 valence electrons. The first-order valence-electron chi connectivity index (χ1n) is 17.0. The Balaban J connectivity index is 0.000000681. The minimum Gasteiger partial charge on any atom is -0.549 e. The summed E-state index contributed by atoms with van der Waals surface area (Å²) in [5.41, 5.74) is 10.4. The average molecular weight is 811 g/mol. The first kappa shape index (κ1) is 50.8. The van der Waals surface area contributed by atoms with Gasteiger partial charge in [-0.15, -0.1) is 35.3 Å². The van der Waals surface area contributed by atoms with E-state index in [1.807, 2.05) is 62.3 Å². The van der Waals surface area contributed by atoms with Crippen LogP contribution in [0.5, 0.6) is 0 Å². The van der Waals surface area contributed by atoms with E-state index in [2.05, 4.69) is 71.0 Å². The van der Waals surface area contributed by atoms with Gasteiger partial charge in [0.2, 0.25) is 0 Å². The van der Waals surface area contributed by atoms with Gasteiger partial charge in [0.25, 0.3) is 0 Å². The number of benzene rings is 3. The zero-order valence-electron chi connectivity index (χ0n) is 33.8. The molecule has 0 saturated heterocycles. The summed E-state index contributed by atoms with van der Waals surface area (Å²) >= 11 is 3.99. The molecule has 0 spiro atoms. The molecule has 3 aromatic rings. The average Bonchev–Trinajstić information content (AvgIpc) is 3.17. The summed E-state index contributed by atoms with van der Waals surface area (Å²) in [6.45, 7) is 29.1. The number of aliphatic carboxylic acids is 3. The Hall–Kier alpha value is -2.17. The van der Waals surface area contributed by atoms with E-state index in [9.17, 15) is 29.7 Å². The van der Waals surface area contributed by atoms with Crippen molar-refractivity contribution in [1.82, 2.24) is 0 Å². The fraction of sp³-hybridized carbons (Fsp3) is 0.395. The van der Waals surface area contributed by atoms with Crippen LogP contribution in [-0.2, 0) is 36.1 Å². The van der Waals surface area contributed by atoms with Crippen molar-refractivity contribution in [2.45, 2.75) is 112 Å². The molecule has 0 N–H and O–H groups in total. The number of hydrogen-bond donors (Lipinski definition) is 0. The second-order valence-corrected chi connectivity index (χ2v) is 16.2. The fourth-order valence-electron chi connectivity index (χ4n) is 5.98. The van der Waals surface area contributed by atoms with Crippen molar-refractivity contribution in [3.63, 3.8) is 0 Å². The van der Waals surface area contributed by atoms with E-state index in [1.54, 1.807) is 0 Å². The molecule has 10 heteroatoms. The van der Waals surface area contributed by atoms with E-state index in [4.69, 9.17) is 0 Å². The Bertz CT molecular complexity index is 1390. The molecule has 1 aliphatic carbocycles. The summed E-state index contributed by atoms with van der Waals surface area (Å²) < 4.78 is 0. The van der Waals surface area contributed by atoms with Crippen LogP contribution in [0, 0.1) is 91.9 Å². The van der Waals surface area contributed by atoms with E-state index < -0.39 is 17.9 Å². The van der Waals surface area contributed by atoms with E-state index in [0.29, 0.717) is 0 Å². The second-order valence-electron chi connectivity index (χ2n) is 13.3. The van der Waals surface area contributed by atoms with E-state index >= 15 is 0 Å². The van der Waals surface area contributed by atoms with Gasteiger partial charge < -0.3 is 29.7 Å². The summed E-state index contributed by atoms with van der Waals surface area (Å²) in [4.78, 5) is 34.2. The minimum absolute atomic E-state index is 0. The number of carboxylic acid groups (broad SMARTS) is 3. The molecular formula is C43H54O6S3Ti+. The zero-order chi connectivity index (χ0) is 40.0. The molecule has 0 unspecified atom stereocenters. The zero-order valence-corrected chi connectivity index (χ0v) is 37.8. The van der Waals surface area contributed by atoms with Gasteiger partial charge in [0.15, 0.2) is 0 Å². The molecule has 0 aromatic heterocycles. The van der Waals surface area contributed by atoms with Crippen LogP contribution in [-0.4, -0.2) is 35.2 Å².